The first-order chi connectivity index (χ1) is 13.8. The van der Waals surface area contributed by atoms with E-state index >= 15 is 0 Å². The lowest BCUT2D eigenvalue weighted by Gasteiger charge is -2.02. The zero-order chi connectivity index (χ0) is 20.6. The van der Waals surface area contributed by atoms with Crippen LogP contribution in [0.1, 0.15) is 5.56 Å². The molecule has 4 aromatic rings. The lowest BCUT2D eigenvalue weighted by molar-refractivity contribution is 0.483. The highest BCUT2D eigenvalue weighted by molar-refractivity contribution is 7.86. The summed E-state index contributed by atoms with van der Waals surface area (Å²) in [7, 11) is -4.36. The zero-order valence-electron chi connectivity index (χ0n) is 15.3. The third kappa shape index (κ3) is 4.02. The number of azo groups is 1. The van der Waals surface area contributed by atoms with E-state index in [0.717, 1.165) is 5.56 Å². The van der Waals surface area contributed by atoms with Gasteiger partial charge in [-0.25, -0.2) is 4.98 Å². The molecule has 0 spiro atoms. The van der Waals surface area contributed by atoms with Gasteiger partial charge in [0, 0.05) is 11.3 Å². The van der Waals surface area contributed by atoms with E-state index in [2.05, 4.69) is 15.2 Å². The Morgan fingerprint density at radius 1 is 0.931 bits per heavy atom. The number of nitrogen functional groups attached to an aromatic ring is 1. The number of hydrogen-bond acceptors (Lipinski definition) is 7. The predicted octanol–water partition coefficient (Wildman–Crippen LogP) is 5.52. The molecule has 0 unspecified atom stereocenters. The number of aromatic nitrogens is 1. The molecule has 0 aliphatic rings. The van der Waals surface area contributed by atoms with E-state index in [4.69, 9.17) is 5.73 Å². The largest absolute Gasteiger partial charge is 0.399 e. The number of aryl methyl sites for hydroxylation is 1. The van der Waals surface area contributed by atoms with Gasteiger partial charge >= 0.3 is 0 Å². The standard InChI is InChI=1S/C20H16N4O3S2/c1-12-2-11-17-18(19(12)29(25,26)27)22-20(28-17)13-3-7-15(8-4-13)23-24-16-9-5-14(21)6-10-16/h2-11H,21H2,1H3,(H,25,26,27). The molecule has 1 aromatic heterocycles. The number of fused-ring (bicyclic) bond motifs is 1. The van der Waals surface area contributed by atoms with Crippen LogP contribution in [-0.4, -0.2) is 18.0 Å². The maximum Gasteiger partial charge on any atom is 0.296 e. The summed E-state index contributed by atoms with van der Waals surface area (Å²) in [4.78, 5) is 4.31. The molecule has 0 bridgehead atoms. The van der Waals surface area contributed by atoms with Crippen molar-refractivity contribution in [3.63, 3.8) is 0 Å². The highest BCUT2D eigenvalue weighted by Gasteiger charge is 2.20. The molecule has 0 saturated carbocycles. The molecular weight excluding hydrogens is 408 g/mol. The van der Waals surface area contributed by atoms with Crippen molar-refractivity contribution in [2.75, 3.05) is 5.73 Å². The van der Waals surface area contributed by atoms with Crippen LogP contribution in [-0.2, 0) is 10.1 Å². The van der Waals surface area contributed by atoms with Crippen LogP contribution < -0.4 is 5.73 Å². The van der Waals surface area contributed by atoms with Gasteiger partial charge in [-0.1, -0.05) is 6.07 Å². The third-order valence-electron chi connectivity index (χ3n) is 4.26. The minimum absolute atomic E-state index is 0.147. The lowest BCUT2D eigenvalue weighted by Crippen LogP contribution is -2.01. The molecule has 4 rings (SSSR count). The minimum atomic E-state index is -4.36. The number of benzene rings is 3. The highest BCUT2D eigenvalue weighted by atomic mass is 32.2. The fourth-order valence-corrected chi connectivity index (χ4v) is 4.77. The first-order valence-electron chi connectivity index (χ1n) is 8.56. The zero-order valence-corrected chi connectivity index (χ0v) is 16.9. The van der Waals surface area contributed by atoms with Crippen LogP contribution >= 0.6 is 11.3 Å². The van der Waals surface area contributed by atoms with Crippen molar-refractivity contribution < 1.29 is 13.0 Å². The van der Waals surface area contributed by atoms with Gasteiger partial charge in [0.15, 0.2) is 0 Å². The molecule has 9 heteroatoms. The van der Waals surface area contributed by atoms with E-state index in [-0.39, 0.29) is 10.4 Å². The molecule has 1 heterocycles. The average molecular weight is 425 g/mol. The van der Waals surface area contributed by atoms with Crippen molar-refractivity contribution in [3.05, 3.63) is 66.2 Å². The number of nitrogens with zero attached hydrogens (tertiary/aromatic N) is 3. The van der Waals surface area contributed by atoms with Gasteiger partial charge in [-0.3, -0.25) is 4.55 Å². The summed E-state index contributed by atoms with van der Waals surface area (Å²) >= 11 is 1.35. The topological polar surface area (TPSA) is 118 Å². The molecule has 3 aromatic carbocycles. The Kier molecular flexibility index (Phi) is 4.87. The second-order valence-corrected chi connectivity index (χ2v) is 8.78. The Bertz CT molecular complexity index is 1330. The number of rotatable bonds is 4. The summed E-state index contributed by atoms with van der Waals surface area (Å²) in [6.45, 7) is 1.63. The Morgan fingerprint density at radius 2 is 1.52 bits per heavy atom. The van der Waals surface area contributed by atoms with Gasteiger partial charge in [0.1, 0.15) is 15.4 Å². The normalized spacial score (nSPS) is 12.1. The van der Waals surface area contributed by atoms with E-state index in [1.807, 2.05) is 12.1 Å². The molecule has 146 valence electrons. The number of thiazole rings is 1. The monoisotopic (exact) mass is 424 g/mol. The Hall–Kier alpha value is -3.14. The first kappa shape index (κ1) is 19.2. The van der Waals surface area contributed by atoms with Gasteiger partial charge in [0.2, 0.25) is 0 Å². The quantitative estimate of drug-likeness (QED) is 0.254. The van der Waals surface area contributed by atoms with Gasteiger partial charge in [-0.15, -0.1) is 11.3 Å². The van der Waals surface area contributed by atoms with Crippen molar-refractivity contribution >= 4 is 48.7 Å². The van der Waals surface area contributed by atoms with Crippen LogP contribution in [0.5, 0.6) is 0 Å². The summed E-state index contributed by atoms with van der Waals surface area (Å²) in [6.07, 6.45) is 0. The van der Waals surface area contributed by atoms with Crippen LogP contribution in [0, 0.1) is 6.92 Å². The van der Waals surface area contributed by atoms with Crippen LogP contribution in [0.4, 0.5) is 17.1 Å². The van der Waals surface area contributed by atoms with E-state index in [1.54, 1.807) is 55.5 Å². The summed E-state index contributed by atoms with van der Waals surface area (Å²) < 4.78 is 33.8. The van der Waals surface area contributed by atoms with Crippen LogP contribution in [0.15, 0.2) is 75.8 Å². The average Bonchev–Trinajstić information content (AvgIpc) is 3.10. The fraction of sp³-hybridized carbons (Fsp3) is 0.0500. The lowest BCUT2D eigenvalue weighted by atomic mass is 10.2. The molecule has 0 amide bonds. The Labute approximate surface area is 171 Å². The second kappa shape index (κ2) is 7.36. The second-order valence-electron chi connectivity index (χ2n) is 6.39. The number of anilines is 1. The molecule has 0 fully saturated rings. The number of hydrogen-bond donors (Lipinski definition) is 2. The fourth-order valence-electron chi connectivity index (χ4n) is 2.85. The smallest absolute Gasteiger partial charge is 0.296 e. The molecule has 0 aliphatic carbocycles. The molecule has 29 heavy (non-hydrogen) atoms. The van der Waals surface area contributed by atoms with Crippen molar-refractivity contribution in [2.45, 2.75) is 11.8 Å². The third-order valence-corrected chi connectivity index (χ3v) is 6.36. The van der Waals surface area contributed by atoms with Gasteiger partial charge in [0.05, 0.1) is 16.1 Å². The van der Waals surface area contributed by atoms with E-state index < -0.39 is 10.1 Å². The summed E-state index contributed by atoms with van der Waals surface area (Å²) in [5.74, 6) is 0. The molecule has 0 radical (unpaired) electrons. The minimum Gasteiger partial charge on any atom is -0.399 e. The summed E-state index contributed by atoms with van der Waals surface area (Å²) in [5, 5.41) is 9.01. The van der Waals surface area contributed by atoms with Crippen LogP contribution in [0.2, 0.25) is 0 Å². The summed E-state index contributed by atoms with van der Waals surface area (Å²) in [5.41, 5.74) is 9.23. The molecule has 7 nitrogen and oxygen atoms in total. The maximum absolute atomic E-state index is 11.8. The van der Waals surface area contributed by atoms with Crippen LogP contribution in [0.25, 0.3) is 20.8 Å². The number of nitrogens with two attached hydrogens (primary N) is 1. The Balaban J connectivity index is 1.65. The van der Waals surface area contributed by atoms with Gasteiger partial charge in [-0.05, 0) is 67.1 Å². The highest BCUT2D eigenvalue weighted by Crippen LogP contribution is 2.35. The first-order valence-corrected chi connectivity index (χ1v) is 10.8. The van der Waals surface area contributed by atoms with Crippen molar-refractivity contribution in [2.24, 2.45) is 10.2 Å². The van der Waals surface area contributed by atoms with E-state index in [1.165, 1.54) is 11.3 Å². The molecule has 0 aliphatic heterocycles. The van der Waals surface area contributed by atoms with Gasteiger partial charge in [0.25, 0.3) is 10.1 Å². The summed E-state index contributed by atoms with van der Waals surface area (Å²) in [6, 6.07) is 17.8. The van der Waals surface area contributed by atoms with Crippen LogP contribution in [0.3, 0.4) is 0 Å². The van der Waals surface area contributed by atoms with E-state index in [0.29, 0.717) is 32.3 Å². The van der Waals surface area contributed by atoms with Gasteiger partial charge in [-0.2, -0.15) is 18.6 Å². The molecular formula is C20H16N4O3S2. The molecule has 0 saturated heterocycles. The Morgan fingerprint density at radius 3 is 2.10 bits per heavy atom. The maximum atomic E-state index is 11.8. The van der Waals surface area contributed by atoms with Gasteiger partial charge < -0.3 is 5.73 Å². The van der Waals surface area contributed by atoms with Crippen molar-refractivity contribution in [1.82, 2.24) is 4.98 Å². The SMILES string of the molecule is Cc1ccc2sc(-c3ccc(N=Nc4ccc(N)cc4)cc3)nc2c1S(=O)(=O)O. The van der Waals surface area contributed by atoms with Crippen molar-refractivity contribution in [3.8, 4) is 10.6 Å². The molecule has 3 N–H and O–H groups in total. The van der Waals surface area contributed by atoms with E-state index in [9.17, 15) is 13.0 Å². The van der Waals surface area contributed by atoms with Crippen molar-refractivity contribution in [1.29, 1.82) is 0 Å². The predicted molar refractivity (Wildman–Crippen MR) is 115 cm³/mol. The molecule has 0 atom stereocenters.